The summed E-state index contributed by atoms with van der Waals surface area (Å²) < 4.78 is 134. The summed E-state index contributed by atoms with van der Waals surface area (Å²) >= 11 is 10.7. The van der Waals surface area contributed by atoms with E-state index in [0.717, 1.165) is 0 Å². The van der Waals surface area contributed by atoms with Crippen molar-refractivity contribution in [2.45, 2.75) is 58.0 Å². The van der Waals surface area contributed by atoms with E-state index in [9.17, 15) is 43.9 Å². The minimum atomic E-state index is -4.66. The van der Waals surface area contributed by atoms with Crippen LogP contribution in [0.25, 0.3) is 0 Å². The van der Waals surface area contributed by atoms with Crippen LogP contribution in [0, 0.1) is 58.2 Å². The Bertz CT molecular complexity index is 1010. The molecule has 196 valence electrons. The van der Waals surface area contributed by atoms with Crippen molar-refractivity contribution in [3.63, 3.8) is 0 Å². The van der Waals surface area contributed by atoms with Crippen LogP contribution in [0.1, 0.15) is 47.0 Å². The minimum Gasteiger partial charge on any atom is -0.356 e. The highest BCUT2D eigenvalue weighted by molar-refractivity contribution is 7.56. The van der Waals surface area contributed by atoms with Gasteiger partial charge < -0.3 is 28.2 Å². The van der Waals surface area contributed by atoms with Crippen molar-refractivity contribution in [3.05, 3.63) is 58.2 Å². The number of rotatable bonds is 2. The molecular weight excluding hydrogens is 538 g/mol. The largest absolute Gasteiger partial charge is 0.356 e. The third-order valence-corrected chi connectivity index (χ3v) is 6.51. The van der Waals surface area contributed by atoms with E-state index in [1.807, 2.05) is 0 Å². The molecular formula is C21H20BCl2F10N. The highest BCUT2D eigenvalue weighted by atomic mass is 35.5. The van der Waals surface area contributed by atoms with Crippen LogP contribution in [-0.4, -0.2) is 16.1 Å². The number of quaternary nitrogens is 1. The zero-order valence-electron chi connectivity index (χ0n) is 18.8. The van der Waals surface area contributed by atoms with Gasteiger partial charge in [0.15, 0.2) is 34.9 Å². The van der Waals surface area contributed by atoms with Crippen LogP contribution >= 0.6 is 22.9 Å². The molecule has 0 radical (unpaired) electrons. The zero-order chi connectivity index (χ0) is 27.3. The Kier molecular flexibility index (Phi) is 8.46. The second-order valence-corrected chi connectivity index (χ2v) is 11.1. The average molecular weight is 558 g/mol. The summed E-state index contributed by atoms with van der Waals surface area (Å²) in [7, 11) is 0. The van der Waals surface area contributed by atoms with Gasteiger partial charge in [-0.1, -0.05) is 10.9 Å². The smallest absolute Gasteiger partial charge is 0.228 e. The molecule has 14 heteroatoms. The maximum atomic E-state index is 13.7. The Morgan fingerprint density at radius 2 is 0.743 bits per heavy atom. The second kappa shape index (κ2) is 10.0. The third-order valence-electron chi connectivity index (χ3n) is 5.64. The Morgan fingerprint density at radius 3 is 0.943 bits per heavy atom. The molecule has 35 heavy (non-hydrogen) atoms. The molecule has 1 aliphatic rings. The summed E-state index contributed by atoms with van der Waals surface area (Å²) in [6.45, 7) is 9.36. The molecule has 1 saturated heterocycles. The van der Waals surface area contributed by atoms with Gasteiger partial charge >= 0.3 is 0 Å². The molecule has 1 fully saturated rings. The molecule has 0 unspecified atom stereocenters. The van der Waals surface area contributed by atoms with Crippen molar-refractivity contribution >= 4 is 38.8 Å². The van der Waals surface area contributed by atoms with E-state index in [2.05, 4.69) is 33.0 Å². The molecule has 1 nitrogen and oxygen atoms in total. The van der Waals surface area contributed by atoms with E-state index in [4.69, 9.17) is 22.9 Å². The van der Waals surface area contributed by atoms with Gasteiger partial charge in [0, 0.05) is 12.8 Å². The Balaban J connectivity index is 0.000000360. The topological polar surface area (TPSA) is 16.6 Å². The van der Waals surface area contributed by atoms with Gasteiger partial charge in [0.05, 0.1) is 11.1 Å². The maximum absolute atomic E-state index is 13.7. The molecule has 1 aliphatic heterocycles. The molecule has 0 atom stereocenters. The van der Waals surface area contributed by atoms with Gasteiger partial charge in [0.25, 0.3) is 0 Å². The lowest BCUT2D eigenvalue weighted by atomic mass is 9.59. The number of halogens is 12. The fraction of sp³-hybridized carbons (Fsp3) is 0.429. The van der Waals surface area contributed by atoms with Gasteiger partial charge in [-0.15, -0.1) is 0 Å². The first-order valence-corrected chi connectivity index (χ1v) is 11.1. The van der Waals surface area contributed by atoms with Crippen molar-refractivity contribution in [1.82, 2.24) is 0 Å². The zero-order valence-corrected chi connectivity index (χ0v) is 20.3. The molecule has 2 aromatic carbocycles. The Morgan fingerprint density at radius 1 is 0.514 bits per heavy atom. The van der Waals surface area contributed by atoms with Crippen LogP contribution in [0.15, 0.2) is 0 Å². The fourth-order valence-corrected chi connectivity index (χ4v) is 4.99. The Labute approximate surface area is 204 Å². The average Bonchev–Trinajstić information content (AvgIpc) is 2.72. The Hall–Kier alpha value is -1.66. The number of hydrogen-bond donors (Lipinski definition) is 1. The van der Waals surface area contributed by atoms with Crippen LogP contribution in [0.2, 0.25) is 0 Å². The van der Waals surface area contributed by atoms with Crippen molar-refractivity contribution in [1.29, 1.82) is 0 Å². The number of nitrogens with two attached hydrogens (primary N) is 1. The summed E-state index contributed by atoms with van der Waals surface area (Å²) in [4.78, 5) is -4.66. The number of piperidine rings is 1. The van der Waals surface area contributed by atoms with Gasteiger partial charge in [0.1, 0.15) is 23.3 Å². The molecule has 2 N–H and O–H groups in total. The predicted molar refractivity (Wildman–Crippen MR) is 113 cm³/mol. The van der Waals surface area contributed by atoms with E-state index in [1.165, 1.54) is 19.3 Å². The van der Waals surface area contributed by atoms with Crippen molar-refractivity contribution < 1.29 is 49.2 Å². The summed E-state index contributed by atoms with van der Waals surface area (Å²) in [6, 6.07) is 0. The molecule has 3 rings (SSSR count). The monoisotopic (exact) mass is 557 g/mol. The molecule has 0 aliphatic carbocycles. The fourth-order valence-electron chi connectivity index (χ4n) is 4.23. The normalized spacial score (nSPS) is 17.1. The van der Waals surface area contributed by atoms with Crippen LogP contribution < -0.4 is 16.2 Å². The van der Waals surface area contributed by atoms with Crippen LogP contribution in [0.5, 0.6) is 0 Å². The first kappa shape index (κ1) is 29.6. The van der Waals surface area contributed by atoms with Gasteiger partial charge in [-0.05, 0) is 34.1 Å². The number of hydrogen-bond acceptors (Lipinski definition) is 0. The van der Waals surface area contributed by atoms with Gasteiger partial charge in [-0.25, -0.2) is 43.9 Å². The van der Waals surface area contributed by atoms with Crippen molar-refractivity contribution in [3.8, 4) is 0 Å². The molecule has 0 aromatic heterocycles. The maximum Gasteiger partial charge on any atom is 0.228 e. The summed E-state index contributed by atoms with van der Waals surface area (Å²) in [5, 5.41) is 2.52. The van der Waals surface area contributed by atoms with E-state index >= 15 is 0 Å². The molecule has 0 bridgehead atoms. The van der Waals surface area contributed by atoms with Crippen LogP contribution in [-0.2, 0) is 0 Å². The third kappa shape index (κ3) is 5.69. The van der Waals surface area contributed by atoms with Crippen molar-refractivity contribution in [2.24, 2.45) is 0 Å². The van der Waals surface area contributed by atoms with Gasteiger partial charge in [-0.3, -0.25) is 0 Å². The lowest BCUT2D eigenvalue weighted by Gasteiger charge is -2.38. The van der Waals surface area contributed by atoms with Crippen LogP contribution in [0.4, 0.5) is 43.9 Å². The number of benzene rings is 2. The molecule has 1 heterocycles. The first-order valence-electron chi connectivity index (χ1n) is 10.2. The lowest BCUT2D eigenvalue weighted by Crippen LogP contribution is -3.04. The van der Waals surface area contributed by atoms with Crippen LogP contribution in [0.3, 0.4) is 0 Å². The molecule has 0 spiro atoms. The molecule has 0 saturated carbocycles. The van der Waals surface area contributed by atoms with Gasteiger partial charge in [-0.2, -0.15) is 0 Å². The standard InChI is InChI=1S/C12BCl2F10.C9H19N/c14-13(15,1-3(16)7(20)11(24)8(21)4(1)17)2-5(18)9(22)12(25)10(23)6(2)19;1-8(2)6-5-7-9(3,4)10-8/h;10H,5-7H2,1-4H3/q-1;/p+1. The van der Waals surface area contributed by atoms with Crippen molar-refractivity contribution in [2.75, 3.05) is 0 Å². The van der Waals surface area contributed by atoms with E-state index < -0.39 is 74.1 Å². The summed E-state index contributed by atoms with van der Waals surface area (Å²) in [6.07, 6.45) is 4.14. The molecule has 2 aromatic rings. The van der Waals surface area contributed by atoms with E-state index in [-0.39, 0.29) is 0 Å². The highest BCUT2D eigenvalue weighted by Crippen LogP contribution is 2.28. The van der Waals surface area contributed by atoms with E-state index in [1.54, 1.807) is 0 Å². The SMILES string of the molecule is CC1(C)CCCC(C)(C)[NH2+]1.Fc1c(F)c(F)c([B-](Cl)(Cl)c2c(F)c(F)c(F)c(F)c2F)c(F)c1F. The lowest BCUT2D eigenvalue weighted by molar-refractivity contribution is -0.787. The second-order valence-electron chi connectivity index (χ2n) is 9.61. The van der Waals surface area contributed by atoms with Gasteiger partial charge in [0.2, 0.25) is 4.98 Å². The summed E-state index contributed by atoms with van der Waals surface area (Å²) in [5.74, 6) is -26.4. The predicted octanol–water partition coefficient (Wildman–Crippen LogP) is 5.40. The summed E-state index contributed by atoms with van der Waals surface area (Å²) in [5.41, 5.74) is -3.32. The molecule has 0 amide bonds. The first-order chi connectivity index (χ1) is 15.8. The minimum absolute atomic E-state index is 0.488. The highest BCUT2D eigenvalue weighted by Gasteiger charge is 2.40. The quantitative estimate of drug-likeness (QED) is 0.220. The van der Waals surface area contributed by atoms with E-state index in [0.29, 0.717) is 11.1 Å².